The maximum Gasteiger partial charge on any atom is 0.242 e. The first-order chi connectivity index (χ1) is 9.60. The van der Waals surface area contributed by atoms with Gasteiger partial charge in [0.05, 0.1) is 18.2 Å². The second-order valence-corrected chi connectivity index (χ2v) is 5.20. The number of likely N-dealkylation sites (N-methyl/N-ethyl adjacent to an activating group) is 2. The smallest absolute Gasteiger partial charge is 0.242 e. The van der Waals surface area contributed by atoms with Crippen LogP contribution in [0.15, 0.2) is 24.3 Å². The number of carbonyl (C=O) groups is 1. The van der Waals surface area contributed by atoms with E-state index in [1.54, 1.807) is 12.1 Å². The van der Waals surface area contributed by atoms with Crippen LogP contribution in [0.1, 0.15) is 5.56 Å². The van der Waals surface area contributed by atoms with E-state index in [9.17, 15) is 4.79 Å². The molecule has 0 radical (unpaired) electrons. The third-order valence-corrected chi connectivity index (χ3v) is 3.67. The average molecular weight is 272 g/mol. The van der Waals surface area contributed by atoms with Gasteiger partial charge in [0.25, 0.3) is 0 Å². The minimum Gasteiger partial charge on any atom is -0.365 e. The second kappa shape index (κ2) is 6.40. The Kier molecular flexibility index (Phi) is 4.59. The van der Waals surface area contributed by atoms with E-state index in [0.29, 0.717) is 12.1 Å². The van der Waals surface area contributed by atoms with Crippen molar-refractivity contribution in [2.45, 2.75) is 0 Å². The molecule has 1 saturated heterocycles. The van der Waals surface area contributed by atoms with Crippen molar-refractivity contribution in [3.8, 4) is 6.07 Å². The third-order valence-electron chi connectivity index (χ3n) is 3.67. The van der Waals surface area contributed by atoms with Crippen LogP contribution in [0.3, 0.4) is 0 Å². The van der Waals surface area contributed by atoms with Gasteiger partial charge in [-0.25, -0.2) is 0 Å². The Labute approximate surface area is 120 Å². The van der Waals surface area contributed by atoms with E-state index in [2.05, 4.69) is 18.0 Å². The normalized spacial score (nSPS) is 15.8. The molecule has 1 aromatic rings. The molecule has 0 unspecified atom stereocenters. The van der Waals surface area contributed by atoms with Crippen molar-refractivity contribution in [1.82, 2.24) is 9.80 Å². The van der Waals surface area contributed by atoms with Gasteiger partial charge in [-0.1, -0.05) is 0 Å². The number of benzene rings is 1. The maximum atomic E-state index is 12.2. The highest BCUT2D eigenvalue weighted by Gasteiger charge is 2.20. The number of hydrogen-bond donors (Lipinski definition) is 0. The fourth-order valence-electron chi connectivity index (χ4n) is 2.24. The predicted molar refractivity (Wildman–Crippen MR) is 78.5 cm³/mol. The number of piperazine rings is 1. The molecule has 0 spiro atoms. The van der Waals surface area contributed by atoms with E-state index in [-0.39, 0.29) is 5.91 Å². The van der Waals surface area contributed by atoms with Gasteiger partial charge in [0, 0.05) is 38.9 Å². The summed E-state index contributed by atoms with van der Waals surface area (Å²) in [6.07, 6.45) is 0. The Morgan fingerprint density at radius 1 is 1.25 bits per heavy atom. The number of nitriles is 1. The van der Waals surface area contributed by atoms with E-state index in [1.165, 1.54) is 0 Å². The molecule has 0 N–H and O–H groups in total. The van der Waals surface area contributed by atoms with Crippen LogP contribution >= 0.6 is 0 Å². The number of anilines is 1. The monoisotopic (exact) mass is 272 g/mol. The first kappa shape index (κ1) is 14.4. The third kappa shape index (κ3) is 3.49. The van der Waals surface area contributed by atoms with Crippen LogP contribution in [0, 0.1) is 11.3 Å². The number of nitrogens with zero attached hydrogens (tertiary/aromatic N) is 4. The number of amides is 1. The van der Waals surface area contributed by atoms with Crippen LogP contribution in [0.5, 0.6) is 0 Å². The van der Waals surface area contributed by atoms with Crippen molar-refractivity contribution >= 4 is 11.6 Å². The molecule has 1 fully saturated rings. The largest absolute Gasteiger partial charge is 0.365 e. The first-order valence-electron chi connectivity index (χ1n) is 6.78. The van der Waals surface area contributed by atoms with Gasteiger partial charge in [-0.15, -0.1) is 0 Å². The Balaban J connectivity index is 1.91. The van der Waals surface area contributed by atoms with Crippen LogP contribution in [-0.4, -0.2) is 62.5 Å². The quantitative estimate of drug-likeness (QED) is 0.815. The summed E-state index contributed by atoms with van der Waals surface area (Å²) < 4.78 is 0. The maximum absolute atomic E-state index is 12.2. The average Bonchev–Trinajstić information content (AvgIpc) is 2.48. The Bertz CT molecular complexity index is 498. The van der Waals surface area contributed by atoms with Gasteiger partial charge in [0.1, 0.15) is 0 Å². The van der Waals surface area contributed by atoms with Gasteiger partial charge in [-0.05, 0) is 31.3 Å². The molecule has 0 aliphatic carbocycles. The molecule has 1 heterocycles. The molecule has 0 bridgehead atoms. The summed E-state index contributed by atoms with van der Waals surface area (Å²) in [6.45, 7) is 3.85. The molecule has 106 valence electrons. The van der Waals surface area contributed by atoms with Gasteiger partial charge in [0.15, 0.2) is 0 Å². The van der Waals surface area contributed by atoms with Gasteiger partial charge in [-0.2, -0.15) is 5.26 Å². The Morgan fingerprint density at radius 3 is 2.40 bits per heavy atom. The van der Waals surface area contributed by atoms with E-state index < -0.39 is 0 Å². The lowest BCUT2D eigenvalue weighted by Gasteiger charge is -2.33. The van der Waals surface area contributed by atoms with Gasteiger partial charge in [0.2, 0.25) is 5.91 Å². The Hall–Kier alpha value is -2.06. The van der Waals surface area contributed by atoms with Gasteiger partial charge < -0.3 is 14.7 Å². The van der Waals surface area contributed by atoms with Crippen molar-refractivity contribution in [3.05, 3.63) is 29.8 Å². The fraction of sp³-hybridized carbons (Fsp3) is 0.467. The van der Waals surface area contributed by atoms with Crippen molar-refractivity contribution in [1.29, 1.82) is 5.26 Å². The minimum atomic E-state index is 0.157. The summed E-state index contributed by atoms with van der Waals surface area (Å²) in [5, 5.41) is 8.78. The molecule has 1 aliphatic rings. The van der Waals surface area contributed by atoms with E-state index >= 15 is 0 Å². The molecule has 20 heavy (non-hydrogen) atoms. The number of carbonyl (C=O) groups excluding carboxylic acids is 1. The van der Waals surface area contributed by atoms with Crippen molar-refractivity contribution in [2.24, 2.45) is 0 Å². The zero-order valence-electron chi connectivity index (χ0n) is 12.0. The van der Waals surface area contributed by atoms with E-state index in [1.807, 2.05) is 29.0 Å². The summed E-state index contributed by atoms with van der Waals surface area (Å²) in [5.41, 5.74) is 1.58. The van der Waals surface area contributed by atoms with Crippen LogP contribution in [0.4, 0.5) is 5.69 Å². The van der Waals surface area contributed by atoms with E-state index in [0.717, 1.165) is 31.9 Å². The topological polar surface area (TPSA) is 50.6 Å². The summed E-state index contributed by atoms with van der Waals surface area (Å²) in [4.78, 5) is 18.3. The molecule has 1 aromatic carbocycles. The number of rotatable bonds is 3. The van der Waals surface area contributed by atoms with Crippen molar-refractivity contribution < 1.29 is 4.79 Å². The molecule has 1 amide bonds. The molecule has 5 heteroatoms. The van der Waals surface area contributed by atoms with Crippen molar-refractivity contribution in [3.63, 3.8) is 0 Å². The van der Waals surface area contributed by atoms with E-state index in [4.69, 9.17) is 5.26 Å². The standard InChI is InChI=1S/C15H20N4O/c1-17-7-9-19(10-8-17)15(20)12-18(2)14-5-3-13(11-16)4-6-14/h3-6H,7-10,12H2,1-2H3. The Morgan fingerprint density at radius 2 is 1.85 bits per heavy atom. The summed E-state index contributed by atoms with van der Waals surface area (Å²) >= 11 is 0. The summed E-state index contributed by atoms with van der Waals surface area (Å²) in [5.74, 6) is 0.157. The lowest BCUT2D eigenvalue weighted by Crippen LogP contribution is -2.49. The van der Waals surface area contributed by atoms with Crippen LogP contribution in [0.2, 0.25) is 0 Å². The molecule has 0 aromatic heterocycles. The van der Waals surface area contributed by atoms with Crippen molar-refractivity contribution in [2.75, 3.05) is 51.7 Å². The second-order valence-electron chi connectivity index (χ2n) is 5.20. The lowest BCUT2D eigenvalue weighted by atomic mass is 10.2. The summed E-state index contributed by atoms with van der Waals surface area (Å²) in [6, 6.07) is 9.37. The minimum absolute atomic E-state index is 0.157. The SMILES string of the molecule is CN1CCN(C(=O)CN(C)c2ccc(C#N)cc2)CC1. The highest BCUT2D eigenvalue weighted by molar-refractivity contribution is 5.81. The van der Waals surface area contributed by atoms with Gasteiger partial charge >= 0.3 is 0 Å². The first-order valence-corrected chi connectivity index (χ1v) is 6.78. The zero-order chi connectivity index (χ0) is 14.5. The predicted octanol–water partition coefficient (Wildman–Crippen LogP) is 0.768. The van der Waals surface area contributed by atoms with Crippen LogP contribution in [-0.2, 0) is 4.79 Å². The van der Waals surface area contributed by atoms with Gasteiger partial charge in [-0.3, -0.25) is 4.79 Å². The highest BCUT2D eigenvalue weighted by Crippen LogP contribution is 2.13. The molecule has 0 atom stereocenters. The highest BCUT2D eigenvalue weighted by atomic mass is 16.2. The lowest BCUT2D eigenvalue weighted by molar-refractivity contribution is -0.131. The van der Waals surface area contributed by atoms with Crippen LogP contribution in [0.25, 0.3) is 0 Å². The van der Waals surface area contributed by atoms with Crippen LogP contribution < -0.4 is 4.90 Å². The molecule has 0 saturated carbocycles. The molecule has 1 aliphatic heterocycles. The molecular weight excluding hydrogens is 252 g/mol. The zero-order valence-corrected chi connectivity index (χ0v) is 12.0. The number of hydrogen-bond acceptors (Lipinski definition) is 4. The fourth-order valence-corrected chi connectivity index (χ4v) is 2.24. The molecular formula is C15H20N4O. The summed E-state index contributed by atoms with van der Waals surface area (Å²) in [7, 11) is 3.97. The molecule has 5 nitrogen and oxygen atoms in total. The molecule has 2 rings (SSSR count).